The molecule has 174 valence electrons. The van der Waals surface area contributed by atoms with Crippen molar-refractivity contribution >= 4 is 5.97 Å². The molecule has 4 nitrogen and oxygen atoms in total. The van der Waals surface area contributed by atoms with Crippen molar-refractivity contribution in [3.05, 3.63) is 0 Å². The Labute approximate surface area is 181 Å². The molecule has 0 aromatic rings. The molecule has 0 rings (SSSR count). The van der Waals surface area contributed by atoms with Crippen LogP contribution in [0.2, 0.25) is 0 Å². The van der Waals surface area contributed by atoms with Gasteiger partial charge in [0, 0.05) is 19.6 Å². The van der Waals surface area contributed by atoms with Crippen LogP contribution in [-0.2, 0) is 14.3 Å². The van der Waals surface area contributed by atoms with Gasteiger partial charge in [0.15, 0.2) is 6.29 Å². The van der Waals surface area contributed by atoms with Crippen LogP contribution in [-0.4, -0.2) is 30.6 Å². The van der Waals surface area contributed by atoms with Gasteiger partial charge in [0.1, 0.15) is 0 Å². The van der Waals surface area contributed by atoms with Gasteiger partial charge >= 0.3 is 5.97 Å². The SMILES string of the molecule is CCCCCCCCOC(CCCCCCCC(=O)O)OCCCCCCCC. The van der Waals surface area contributed by atoms with E-state index in [1.165, 1.54) is 64.2 Å². The fourth-order valence-electron chi connectivity index (χ4n) is 3.53. The number of carboxylic acids is 1. The Balaban J connectivity index is 3.84. The van der Waals surface area contributed by atoms with E-state index in [2.05, 4.69) is 13.8 Å². The molecule has 0 aromatic heterocycles. The maximum atomic E-state index is 10.5. The van der Waals surface area contributed by atoms with Crippen LogP contribution in [0.3, 0.4) is 0 Å². The molecule has 0 spiro atoms. The lowest BCUT2D eigenvalue weighted by atomic mass is 10.1. The maximum Gasteiger partial charge on any atom is 0.303 e. The lowest BCUT2D eigenvalue weighted by molar-refractivity contribution is -0.148. The smallest absolute Gasteiger partial charge is 0.303 e. The van der Waals surface area contributed by atoms with E-state index in [0.717, 1.165) is 64.6 Å². The molecular formula is C25H50O4. The lowest BCUT2D eigenvalue weighted by Crippen LogP contribution is -2.19. The van der Waals surface area contributed by atoms with Crippen LogP contribution in [0, 0.1) is 0 Å². The Morgan fingerprint density at radius 2 is 1.03 bits per heavy atom. The molecule has 0 aliphatic heterocycles. The van der Waals surface area contributed by atoms with Crippen LogP contribution >= 0.6 is 0 Å². The Kier molecular flexibility index (Phi) is 23.2. The lowest BCUT2D eigenvalue weighted by Gasteiger charge is -2.19. The van der Waals surface area contributed by atoms with E-state index in [9.17, 15) is 4.79 Å². The number of aliphatic carboxylic acids is 1. The first-order valence-electron chi connectivity index (χ1n) is 12.7. The first-order chi connectivity index (χ1) is 14.2. The Bertz CT molecular complexity index is 315. The van der Waals surface area contributed by atoms with Crippen molar-refractivity contribution in [2.45, 2.75) is 142 Å². The summed E-state index contributed by atoms with van der Waals surface area (Å²) >= 11 is 0. The molecule has 0 aliphatic rings. The van der Waals surface area contributed by atoms with Gasteiger partial charge < -0.3 is 14.6 Å². The number of ether oxygens (including phenoxy) is 2. The minimum atomic E-state index is -0.684. The van der Waals surface area contributed by atoms with Crippen LogP contribution in [0.25, 0.3) is 0 Å². The molecule has 0 radical (unpaired) electrons. The molecule has 1 N–H and O–H groups in total. The van der Waals surface area contributed by atoms with Crippen molar-refractivity contribution in [3.8, 4) is 0 Å². The van der Waals surface area contributed by atoms with Crippen molar-refractivity contribution in [2.24, 2.45) is 0 Å². The minimum absolute atomic E-state index is 0.0553. The van der Waals surface area contributed by atoms with E-state index in [1.54, 1.807) is 0 Å². The summed E-state index contributed by atoms with van der Waals surface area (Å²) in [5.74, 6) is -0.684. The van der Waals surface area contributed by atoms with Gasteiger partial charge in [-0.1, -0.05) is 97.3 Å². The van der Waals surface area contributed by atoms with Gasteiger partial charge in [-0.3, -0.25) is 4.79 Å². The standard InChI is InChI=1S/C25H50O4/c1-3-5-7-9-14-18-22-28-25(29-23-19-15-10-8-6-4-2)21-17-13-11-12-16-20-24(26)27/h25H,3-23H2,1-2H3,(H,26,27). The van der Waals surface area contributed by atoms with Crippen LogP contribution in [0.4, 0.5) is 0 Å². The average molecular weight is 415 g/mol. The van der Waals surface area contributed by atoms with Crippen molar-refractivity contribution in [3.63, 3.8) is 0 Å². The highest BCUT2D eigenvalue weighted by Crippen LogP contribution is 2.14. The maximum absolute atomic E-state index is 10.5. The van der Waals surface area contributed by atoms with Gasteiger partial charge in [-0.2, -0.15) is 0 Å². The third-order valence-electron chi connectivity index (χ3n) is 5.43. The number of rotatable bonds is 24. The van der Waals surface area contributed by atoms with Crippen LogP contribution < -0.4 is 0 Å². The van der Waals surface area contributed by atoms with Crippen molar-refractivity contribution < 1.29 is 19.4 Å². The monoisotopic (exact) mass is 414 g/mol. The van der Waals surface area contributed by atoms with Crippen molar-refractivity contribution in [1.29, 1.82) is 0 Å². The summed E-state index contributed by atoms with van der Waals surface area (Å²) in [4.78, 5) is 10.5. The summed E-state index contributed by atoms with van der Waals surface area (Å²) in [6, 6.07) is 0. The summed E-state index contributed by atoms with van der Waals surface area (Å²) in [5.41, 5.74) is 0. The molecule has 0 aromatic carbocycles. The summed E-state index contributed by atoms with van der Waals surface area (Å²) in [6.07, 6.45) is 21.7. The zero-order valence-corrected chi connectivity index (χ0v) is 19.6. The number of carbonyl (C=O) groups is 1. The third-order valence-corrected chi connectivity index (χ3v) is 5.43. The highest BCUT2D eigenvalue weighted by atomic mass is 16.7. The normalized spacial score (nSPS) is 11.4. The second-order valence-corrected chi connectivity index (χ2v) is 8.41. The van der Waals surface area contributed by atoms with Crippen LogP contribution in [0.5, 0.6) is 0 Å². The van der Waals surface area contributed by atoms with Gasteiger partial charge in [0.25, 0.3) is 0 Å². The molecular weight excluding hydrogens is 364 g/mol. The van der Waals surface area contributed by atoms with Crippen molar-refractivity contribution in [1.82, 2.24) is 0 Å². The fourth-order valence-corrected chi connectivity index (χ4v) is 3.53. The largest absolute Gasteiger partial charge is 0.481 e. The zero-order chi connectivity index (χ0) is 21.4. The zero-order valence-electron chi connectivity index (χ0n) is 19.6. The number of unbranched alkanes of at least 4 members (excludes halogenated alkanes) is 14. The predicted octanol–water partition coefficient (Wildman–Crippen LogP) is 7.88. The molecule has 0 atom stereocenters. The van der Waals surface area contributed by atoms with Gasteiger partial charge in [-0.15, -0.1) is 0 Å². The van der Waals surface area contributed by atoms with E-state index in [1.807, 2.05) is 0 Å². The molecule has 0 saturated heterocycles. The highest BCUT2D eigenvalue weighted by Gasteiger charge is 2.09. The Hall–Kier alpha value is -0.610. The van der Waals surface area contributed by atoms with E-state index >= 15 is 0 Å². The molecule has 0 fully saturated rings. The third kappa shape index (κ3) is 23.5. The van der Waals surface area contributed by atoms with Crippen LogP contribution in [0.1, 0.15) is 136 Å². The molecule has 0 amide bonds. The van der Waals surface area contributed by atoms with Gasteiger partial charge in [-0.25, -0.2) is 0 Å². The number of hydrogen-bond acceptors (Lipinski definition) is 3. The topological polar surface area (TPSA) is 55.8 Å². The number of carboxylic acid groups (broad SMARTS) is 1. The van der Waals surface area contributed by atoms with E-state index in [0.29, 0.717) is 6.42 Å². The van der Waals surface area contributed by atoms with Gasteiger partial charge in [0.05, 0.1) is 0 Å². The van der Waals surface area contributed by atoms with Crippen LogP contribution in [0.15, 0.2) is 0 Å². The minimum Gasteiger partial charge on any atom is -0.481 e. The molecule has 0 heterocycles. The van der Waals surface area contributed by atoms with Gasteiger partial charge in [0.2, 0.25) is 0 Å². The predicted molar refractivity (Wildman–Crippen MR) is 122 cm³/mol. The molecule has 0 bridgehead atoms. The highest BCUT2D eigenvalue weighted by molar-refractivity contribution is 5.66. The quantitative estimate of drug-likeness (QED) is 0.129. The summed E-state index contributed by atoms with van der Waals surface area (Å²) in [6.45, 7) is 6.12. The second-order valence-electron chi connectivity index (χ2n) is 8.41. The van der Waals surface area contributed by atoms with E-state index in [4.69, 9.17) is 14.6 Å². The second kappa shape index (κ2) is 23.7. The molecule has 4 heteroatoms. The van der Waals surface area contributed by atoms with Gasteiger partial charge in [-0.05, 0) is 32.1 Å². The fraction of sp³-hybridized carbons (Fsp3) is 0.960. The molecule has 0 saturated carbocycles. The summed E-state index contributed by atoms with van der Waals surface area (Å²) < 4.78 is 12.1. The average Bonchev–Trinajstić information content (AvgIpc) is 2.70. The first kappa shape index (κ1) is 28.4. The number of hydrogen-bond donors (Lipinski definition) is 1. The summed E-state index contributed by atoms with van der Waals surface area (Å²) in [7, 11) is 0. The summed E-state index contributed by atoms with van der Waals surface area (Å²) in [5, 5.41) is 8.68. The molecule has 29 heavy (non-hydrogen) atoms. The van der Waals surface area contributed by atoms with E-state index < -0.39 is 5.97 Å². The van der Waals surface area contributed by atoms with E-state index in [-0.39, 0.29) is 6.29 Å². The Morgan fingerprint density at radius 3 is 1.52 bits per heavy atom. The Morgan fingerprint density at radius 1 is 0.621 bits per heavy atom. The first-order valence-corrected chi connectivity index (χ1v) is 12.7. The molecule has 0 aliphatic carbocycles. The van der Waals surface area contributed by atoms with Crippen molar-refractivity contribution in [2.75, 3.05) is 13.2 Å². The molecule has 0 unspecified atom stereocenters.